The molecule has 0 saturated heterocycles. The lowest BCUT2D eigenvalue weighted by molar-refractivity contribution is 0.139. The summed E-state index contributed by atoms with van der Waals surface area (Å²) in [5, 5.41) is 16.1. The molecule has 0 saturated carbocycles. The van der Waals surface area contributed by atoms with Crippen molar-refractivity contribution in [2.45, 2.75) is 18.2 Å². The number of hydrogen-bond acceptors (Lipinski definition) is 5. The fourth-order valence-corrected chi connectivity index (χ4v) is 1.68. The largest absolute Gasteiger partial charge is 0.395 e. The van der Waals surface area contributed by atoms with Crippen molar-refractivity contribution in [3.8, 4) is 6.07 Å². The summed E-state index contributed by atoms with van der Waals surface area (Å²) in [7, 11) is -2.30. The maximum absolute atomic E-state index is 11.3. The molecule has 0 bridgehead atoms. The minimum atomic E-state index is -3.69. The number of aliphatic hydroxyl groups is 1. The van der Waals surface area contributed by atoms with Gasteiger partial charge in [-0.15, -0.1) is 0 Å². The summed E-state index contributed by atoms with van der Waals surface area (Å²) >= 11 is 0. The number of nitriles is 1. The van der Waals surface area contributed by atoms with E-state index in [1.165, 1.54) is 14.0 Å². The van der Waals surface area contributed by atoms with Gasteiger partial charge in [0.2, 0.25) is 10.0 Å². The van der Waals surface area contributed by atoms with Gasteiger partial charge in [-0.3, -0.25) is 0 Å². The number of sulfonamides is 1. The van der Waals surface area contributed by atoms with E-state index in [1.807, 2.05) is 0 Å². The Hall–Kier alpha value is -0.680. The van der Waals surface area contributed by atoms with E-state index in [-0.39, 0.29) is 13.2 Å². The van der Waals surface area contributed by atoms with E-state index in [0.29, 0.717) is 0 Å². The topological polar surface area (TPSA) is 99.4 Å². The van der Waals surface area contributed by atoms with Crippen LogP contribution in [-0.4, -0.2) is 45.1 Å². The number of methoxy groups -OCH3 is 1. The van der Waals surface area contributed by atoms with Crippen LogP contribution in [0.15, 0.2) is 0 Å². The van der Waals surface area contributed by atoms with Gasteiger partial charge in [0, 0.05) is 7.11 Å². The first-order chi connectivity index (χ1) is 6.47. The van der Waals surface area contributed by atoms with Gasteiger partial charge < -0.3 is 9.84 Å². The van der Waals surface area contributed by atoms with Gasteiger partial charge >= 0.3 is 0 Å². The predicted octanol–water partition coefficient (Wildman–Crippen LogP) is -1.17. The van der Waals surface area contributed by atoms with Crippen molar-refractivity contribution < 1.29 is 18.3 Å². The van der Waals surface area contributed by atoms with E-state index in [2.05, 4.69) is 9.46 Å². The van der Waals surface area contributed by atoms with Crippen LogP contribution in [0.1, 0.15) is 6.92 Å². The van der Waals surface area contributed by atoms with Crippen molar-refractivity contribution in [1.29, 1.82) is 5.26 Å². The van der Waals surface area contributed by atoms with E-state index < -0.39 is 21.3 Å². The molecule has 0 aliphatic rings. The Morgan fingerprint density at radius 2 is 2.21 bits per heavy atom. The highest BCUT2D eigenvalue weighted by Crippen LogP contribution is 1.98. The van der Waals surface area contributed by atoms with Gasteiger partial charge in [0.05, 0.1) is 25.3 Å². The highest BCUT2D eigenvalue weighted by atomic mass is 32.2. The molecule has 2 unspecified atom stereocenters. The molecule has 7 heteroatoms. The molecule has 0 rings (SSSR count). The lowest BCUT2D eigenvalue weighted by atomic mass is 10.4. The lowest BCUT2D eigenvalue weighted by Crippen LogP contribution is -2.43. The molecule has 6 nitrogen and oxygen atoms in total. The molecule has 14 heavy (non-hydrogen) atoms. The summed E-state index contributed by atoms with van der Waals surface area (Å²) < 4.78 is 29.5. The van der Waals surface area contributed by atoms with Gasteiger partial charge in [0.15, 0.2) is 5.25 Å². The molecule has 82 valence electrons. The fraction of sp³-hybridized carbons (Fsp3) is 0.857. The quantitative estimate of drug-likeness (QED) is 0.589. The van der Waals surface area contributed by atoms with Crippen molar-refractivity contribution in [2.24, 2.45) is 0 Å². The second-order valence-corrected chi connectivity index (χ2v) is 4.80. The molecule has 0 aliphatic carbocycles. The van der Waals surface area contributed by atoms with Crippen LogP contribution in [-0.2, 0) is 14.8 Å². The Morgan fingerprint density at radius 1 is 1.64 bits per heavy atom. The highest BCUT2D eigenvalue weighted by Gasteiger charge is 2.23. The van der Waals surface area contributed by atoms with Gasteiger partial charge in [0.25, 0.3) is 0 Å². The lowest BCUT2D eigenvalue weighted by Gasteiger charge is -2.16. The van der Waals surface area contributed by atoms with Gasteiger partial charge in [-0.05, 0) is 6.92 Å². The van der Waals surface area contributed by atoms with Crippen molar-refractivity contribution in [3.05, 3.63) is 0 Å². The van der Waals surface area contributed by atoms with E-state index >= 15 is 0 Å². The van der Waals surface area contributed by atoms with Crippen molar-refractivity contribution in [1.82, 2.24) is 4.72 Å². The first kappa shape index (κ1) is 13.3. The molecule has 0 radical (unpaired) electrons. The fourth-order valence-electron chi connectivity index (χ4n) is 0.729. The Labute approximate surface area is 83.5 Å². The predicted molar refractivity (Wildman–Crippen MR) is 49.9 cm³/mol. The average Bonchev–Trinajstić information content (AvgIpc) is 2.15. The first-order valence-electron chi connectivity index (χ1n) is 3.98. The van der Waals surface area contributed by atoms with E-state index in [9.17, 15) is 8.42 Å². The first-order valence-corrected chi connectivity index (χ1v) is 5.53. The van der Waals surface area contributed by atoms with E-state index in [0.717, 1.165) is 0 Å². The van der Waals surface area contributed by atoms with Crippen molar-refractivity contribution >= 4 is 10.0 Å². The molecule has 0 spiro atoms. The Balaban J connectivity index is 4.42. The number of nitrogens with zero attached hydrogens (tertiary/aromatic N) is 1. The number of nitrogens with one attached hydrogen (secondary N) is 1. The maximum Gasteiger partial charge on any atom is 0.228 e. The van der Waals surface area contributed by atoms with Gasteiger partial charge in [-0.2, -0.15) is 5.26 Å². The Kier molecular flexibility index (Phi) is 5.64. The summed E-state index contributed by atoms with van der Waals surface area (Å²) in [6.07, 6.45) is 0. The molecular formula is C7H14N2O4S. The van der Waals surface area contributed by atoms with Crippen LogP contribution < -0.4 is 4.72 Å². The van der Waals surface area contributed by atoms with Crippen LogP contribution in [0, 0.1) is 11.3 Å². The summed E-state index contributed by atoms with van der Waals surface area (Å²) in [5.74, 6) is 0. The maximum atomic E-state index is 11.3. The van der Waals surface area contributed by atoms with Crippen molar-refractivity contribution in [3.63, 3.8) is 0 Å². The molecule has 0 aromatic heterocycles. The van der Waals surface area contributed by atoms with Crippen LogP contribution in [0.3, 0.4) is 0 Å². The standard InChI is InChI=1S/C7H14N2O4S/c1-6(3-8)14(11,12)9-7(4-10)5-13-2/h6-7,9-10H,4-5H2,1-2H3. The minimum absolute atomic E-state index is 0.0634. The van der Waals surface area contributed by atoms with Crippen molar-refractivity contribution in [2.75, 3.05) is 20.3 Å². The molecular weight excluding hydrogens is 208 g/mol. The number of rotatable bonds is 6. The smallest absolute Gasteiger partial charge is 0.228 e. The normalized spacial score (nSPS) is 15.9. The monoisotopic (exact) mass is 222 g/mol. The third kappa shape index (κ3) is 4.02. The van der Waals surface area contributed by atoms with Gasteiger partial charge in [0.1, 0.15) is 0 Å². The number of hydrogen-bond donors (Lipinski definition) is 2. The van der Waals surface area contributed by atoms with Crippen LogP contribution >= 0.6 is 0 Å². The molecule has 0 heterocycles. The van der Waals surface area contributed by atoms with Crippen LogP contribution in [0.2, 0.25) is 0 Å². The summed E-state index contributed by atoms with van der Waals surface area (Å²) in [6.45, 7) is 0.961. The third-order valence-electron chi connectivity index (χ3n) is 1.57. The molecule has 0 fully saturated rings. The summed E-state index contributed by atoms with van der Waals surface area (Å²) in [4.78, 5) is 0. The van der Waals surface area contributed by atoms with E-state index in [4.69, 9.17) is 10.4 Å². The van der Waals surface area contributed by atoms with Crippen LogP contribution in [0.5, 0.6) is 0 Å². The molecule has 0 amide bonds. The zero-order valence-corrected chi connectivity index (χ0v) is 8.91. The van der Waals surface area contributed by atoms with Crippen LogP contribution in [0.25, 0.3) is 0 Å². The molecule has 0 aromatic carbocycles. The van der Waals surface area contributed by atoms with Gasteiger partial charge in [-0.1, -0.05) is 0 Å². The molecule has 0 aromatic rings. The van der Waals surface area contributed by atoms with Gasteiger partial charge in [-0.25, -0.2) is 13.1 Å². The van der Waals surface area contributed by atoms with E-state index in [1.54, 1.807) is 6.07 Å². The Morgan fingerprint density at radius 3 is 2.57 bits per heavy atom. The zero-order chi connectivity index (χ0) is 11.2. The summed E-state index contributed by atoms with van der Waals surface area (Å²) in [6, 6.07) is 0.896. The minimum Gasteiger partial charge on any atom is -0.395 e. The summed E-state index contributed by atoms with van der Waals surface area (Å²) in [5.41, 5.74) is 0. The number of aliphatic hydroxyl groups excluding tert-OH is 1. The SMILES string of the molecule is COCC(CO)NS(=O)(=O)C(C)C#N. The molecule has 2 atom stereocenters. The third-order valence-corrected chi connectivity index (χ3v) is 3.26. The van der Waals surface area contributed by atoms with Crippen LogP contribution in [0.4, 0.5) is 0 Å². The highest BCUT2D eigenvalue weighted by molar-refractivity contribution is 7.90. The second kappa shape index (κ2) is 5.93. The molecule has 2 N–H and O–H groups in total. The second-order valence-electron chi connectivity index (χ2n) is 2.77. The number of ether oxygens (including phenoxy) is 1. The average molecular weight is 222 g/mol. The Bertz CT molecular complexity index is 295. The molecule has 0 aliphatic heterocycles. The zero-order valence-electron chi connectivity index (χ0n) is 8.10.